The summed E-state index contributed by atoms with van der Waals surface area (Å²) in [7, 11) is 0. The molecule has 0 N–H and O–H groups in total. The van der Waals surface area contributed by atoms with Gasteiger partial charge in [0.1, 0.15) is 0 Å². The third-order valence-electron chi connectivity index (χ3n) is 8.79. The molecule has 266 valence electrons. The topological polar surface area (TPSA) is 101 Å². The summed E-state index contributed by atoms with van der Waals surface area (Å²) in [6.07, 6.45) is 10.5. The van der Waals surface area contributed by atoms with E-state index in [0.29, 0.717) is 28.9 Å². The maximum Gasteiger partial charge on any atom is 2.00 e. The third kappa shape index (κ3) is 7.00. The molecular weight excluding hydrogens is 960 g/mol. The fourth-order valence-electron chi connectivity index (χ4n) is 6.35. The Bertz CT molecular complexity index is 2810. The first-order valence-corrected chi connectivity index (χ1v) is 16.7. The van der Waals surface area contributed by atoms with Gasteiger partial charge >= 0.3 is 41.5 Å². The largest absolute Gasteiger partial charge is 2.00 e. The summed E-state index contributed by atoms with van der Waals surface area (Å²) >= 11 is 0. The molecule has 10 aromatic rings. The van der Waals surface area contributed by atoms with Crippen molar-refractivity contribution in [2.45, 2.75) is 0 Å². The summed E-state index contributed by atoms with van der Waals surface area (Å²) in [5.74, 6) is 2.53. The number of hydrogen-bond acceptors (Lipinski definition) is 8. The summed E-state index contributed by atoms with van der Waals surface area (Å²) in [5, 5.41) is 3.86. The first kappa shape index (κ1) is 35.8. The Balaban J connectivity index is 0.00000214. The first-order valence-electron chi connectivity index (χ1n) is 16.7. The van der Waals surface area contributed by atoms with Crippen LogP contribution in [0.3, 0.4) is 0 Å². The zero-order chi connectivity index (χ0) is 35.1. The fraction of sp³-hybridized carbons (Fsp3) is 0. The fourth-order valence-corrected chi connectivity index (χ4v) is 6.35. The van der Waals surface area contributed by atoms with Crippen LogP contribution in [0.1, 0.15) is 0 Å². The van der Waals surface area contributed by atoms with Crippen molar-refractivity contribution in [3.8, 4) is 51.5 Å². The van der Waals surface area contributed by atoms with E-state index in [2.05, 4.69) is 54.2 Å². The van der Waals surface area contributed by atoms with Gasteiger partial charge in [-0.3, -0.25) is 9.97 Å². The van der Waals surface area contributed by atoms with Crippen LogP contribution < -0.4 is 9.47 Å². The molecule has 0 aliphatic rings. The van der Waals surface area contributed by atoms with E-state index in [4.69, 9.17) is 9.47 Å². The van der Waals surface area contributed by atoms with Gasteiger partial charge in [-0.1, -0.05) is 47.4 Å². The van der Waals surface area contributed by atoms with Gasteiger partial charge in [0.2, 0.25) is 5.95 Å². The van der Waals surface area contributed by atoms with Crippen molar-refractivity contribution in [1.82, 2.24) is 34.5 Å². The van der Waals surface area contributed by atoms with E-state index < -0.39 is 0 Å². The van der Waals surface area contributed by atoms with E-state index >= 15 is 0 Å². The van der Waals surface area contributed by atoms with E-state index in [0.717, 1.165) is 66.1 Å². The summed E-state index contributed by atoms with van der Waals surface area (Å²) in [6, 6.07) is 46.5. The quantitative estimate of drug-likeness (QED) is 0.115. The molecule has 0 amide bonds. The van der Waals surface area contributed by atoms with Crippen LogP contribution in [0, 0.1) is 24.3 Å². The molecule has 11 heteroatoms. The Kier molecular flexibility index (Phi) is 9.96. The first-order chi connectivity index (χ1) is 26.2. The van der Waals surface area contributed by atoms with Crippen LogP contribution in [0.5, 0.6) is 23.0 Å². The second-order valence-corrected chi connectivity index (χ2v) is 12.1. The number of nitrogens with zero attached hydrogens (tertiary/aromatic N) is 7. The third-order valence-corrected chi connectivity index (χ3v) is 8.79. The Morgan fingerprint density at radius 2 is 0.927 bits per heavy atom. The molecule has 0 saturated carbocycles. The van der Waals surface area contributed by atoms with Gasteiger partial charge < -0.3 is 24.0 Å². The number of ether oxygens (including phenoxy) is 2. The van der Waals surface area contributed by atoms with Crippen LogP contribution in [-0.2, 0) is 41.5 Å². The average molecular weight is 983 g/mol. The standard InChI is InChI=1S/C44H23N7O2.Pd.Pt/c1-6-28(38-22-30-8-3-16-45-40(30)26-49-38)20-32(10-1)52-34-12-14-36-37-15-13-35(25-43(37)51(42(36)24-34)44-47-18-5-19-48-44)53-33-11-2-7-29(21-33)39-23-31-9-4-17-46-41(31)27-50-39;;/h1-19,22-23,26-27H;;/q-4;2*+2. The molecule has 0 aliphatic carbocycles. The average Bonchev–Trinajstić information content (AvgIpc) is 3.53. The normalized spacial score (nSPS) is 11.0. The minimum Gasteiger partial charge on any atom is -0.503 e. The van der Waals surface area contributed by atoms with Gasteiger partial charge in [0.25, 0.3) is 0 Å². The monoisotopic (exact) mass is 982 g/mol. The van der Waals surface area contributed by atoms with E-state index in [1.54, 1.807) is 43.2 Å². The molecule has 6 aromatic heterocycles. The Hall–Kier alpha value is -6.17. The molecule has 4 aromatic carbocycles. The van der Waals surface area contributed by atoms with Crippen LogP contribution in [-0.4, -0.2) is 34.5 Å². The van der Waals surface area contributed by atoms with Crippen LogP contribution >= 0.6 is 0 Å². The van der Waals surface area contributed by atoms with Crippen LogP contribution in [0.4, 0.5) is 0 Å². The molecule has 0 radical (unpaired) electrons. The number of hydrogen-bond donors (Lipinski definition) is 0. The van der Waals surface area contributed by atoms with Crippen molar-refractivity contribution in [2.24, 2.45) is 0 Å². The predicted octanol–water partition coefficient (Wildman–Crippen LogP) is 9.57. The van der Waals surface area contributed by atoms with Crippen molar-refractivity contribution in [3.05, 3.63) is 165 Å². The Morgan fingerprint density at radius 3 is 1.44 bits per heavy atom. The molecule has 6 heterocycles. The second kappa shape index (κ2) is 15.3. The van der Waals surface area contributed by atoms with Crippen LogP contribution in [0.15, 0.2) is 140 Å². The van der Waals surface area contributed by atoms with Crippen molar-refractivity contribution >= 4 is 43.6 Å². The van der Waals surface area contributed by atoms with Crippen LogP contribution in [0.2, 0.25) is 0 Å². The predicted molar refractivity (Wildman–Crippen MR) is 202 cm³/mol. The maximum absolute atomic E-state index is 6.34. The number of fused-ring (bicyclic) bond motifs is 5. The molecule has 55 heavy (non-hydrogen) atoms. The zero-order valence-corrected chi connectivity index (χ0v) is 32.2. The minimum atomic E-state index is 0. The minimum absolute atomic E-state index is 0. The van der Waals surface area contributed by atoms with Gasteiger partial charge in [0.05, 0.1) is 11.0 Å². The molecule has 0 bridgehead atoms. The molecular formula is C44H23N7O2PdPt. The van der Waals surface area contributed by atoms with Gasteiger partial charge in [0, 0.05) is 60.2 Å². The van der Waals surface area contributed by atoms with Crippen molar-refractivity contribution in [1.29, 1.82) is 0 Å². The van der Waals surface area contributed by atoms with Gasteiger partial charge in [-0.05, 0) is 40.4 Å². The molecule has 0 aliphatic heterocycles. The molecule has 9 nitrogen and oxygen atoms in total. The number of pyridine rings is 4. The number of rotatable bonds is 7. The van der Waals surface area contributed by atoms with E-state index in [1.807, 2.05) is 102 Å². The summed E-state index contributed by atoms with van der Waals surface area (Å²) < 4.78 is 14.6. The molecule has 0 fully saturated rings. The zero-order valence-electron chi connectivity index (χ0n) is 28.4. The smallest absolute Gasteiger partial charge is 0.503 e. The van der Waals surface area contributed by atoms with E-state index in [1.165, 1.54) is 0 Å². The Labute approximate surface area is 343 Å². The molecule has 0 spiro atoms. The van der Waals surface area contributed by atoms with Gasteiger partial charge in [0.15, 0.2) is 0 Å². The van der Waals surface area contributed by atoms with E-state index in [-0.39, 0.29) is 41.5 Å². The summed E-state index contributed by atoms with van der Waals surface area (Å²) in [6.45, 7) is 0. The SMILES string of the molecule is [Pd+2].[Pt+2].[c-]1c(Oc2[c-]c3c(cc2)c2ccc(Oc4[c-]c(-c5cc6cccnc6cn5)ccc4)[c-]c2n3-c2ncccn2)cccc1-c1cc2cccnc2cn1. The second-order valence-electron chi connectivity index (χ2n) is 12.1. The number of aromatic nitrogens is 7. The van der Waals surface area contributed by atoms with Crippen molar-refractivity contribution in [2.75, 3.05) is 0 Å². The van der Waals surface area contributed by atoms with Crippen LogP contribution in [0.25, 0.3) is 72.1 Å². The molecule has 0 unspecified atom stereocenters. The number of benzene rings is 4. The summed E-state index contributed by atoms with van der Waals surface area (Å²) in [5.41, 5.74) is 6.27. The molecule has 0 saturated heterocycles. The van der Waals surface area contributed by atoms with Gasteiger partial charge in [-0.25, -0.2) is 9.97 Å². The van der Waals surface area contributed by atoms with Crippen molar-refractivity contribution < 1.29 is 51.0 Å². The van der Waals surface area contributed by atoms with E-state index in [9.17, 15) is 0 Å². The van der Waals surface area contributed by atoms with Gasteiger partial charge in [-0.15, -0.1) is 71.8 Å². The summed E-state index contributed by atoms with van der Waals surface area (Å²) in [4.78, 5) is 27.1. The van der Waals surface area contributed by atoms with Crippen molar-refractivity contribution in [3.63, 3.8) is 0 Å². The molecule has 0 atom stereocenters. The molecule has 10 rings (SSSR count). The van der Waals surface area contributed by atoms with Gasteiger partial charge in [-0.2, -0.15) is 22.9 Å². The maximum atomic E-state index is 6.34. The Morgan fingerprint density at radius 1 is 0.455 bits per heavy atom.